The van der Waals surface area contributed by atoms with Crippen molar-refractivity contribution in [2.24, 2.45) is 5.11 Å². The SMILES string of the molecule is Cc1cc(OCCc2ccc(C(F)(F)F)cc2)nc2c(C(=O)N=[N+]=[N-])c[nH]c12. The number of rotatable bonds is 5. The lowest BCUT2D eigenvalue weighted by Crippen LogP contribution is -2.06. The Kier molecular flexibility index (Phi) is 5.23. The zero-order chi connectivity index (χ0) is 20.3. The highest BCUT2D eigenvalue weighted by Gasteiger charge is 2.29. The molecule has 1 aromatic carbocycles. The van der Waals surface area contributed by atoms with Crippen molar-refractivity contribution in [3.8, 4) is 5.88 Å². The maximum Gasteiger partial charge on any atom is 0.416 e. The van der Waals surface area contributed by atoms with Gasteiger partial charge >= 0.3 is 6.18 Å². The van der Waals surface area contributed by atoms with Crippen LogP contribution in [0.5, 0.6) is 5.88 Å². The molecule has 3 rings (SSSR count). The fourth-order valence-corrected chi connectivity index (χ4v) is 2.70. The number of aromatic amines is 1. The topological polar surface area (TPSA) is 104 Å². The van der Waals surface area contributed by atoms with Crippen LogP contribution in [0.15, 0.2) is 41.6 Å². The highest BCUT2D eigenvalue weighted by atomic mass is 19.4. The molecule has 0 radical (unpaired) electrons. The average Bonchev–Trinajstić information content (AvgIpc) is 3.06. The van der Waals surface area contributed by atoms with E-state index in [-0.39, 0.29) is 18.1 Å². The van der Waals surface area contributed by atoms with Crippen LogP contribution in [0.1, 0.15) is 27.0 Å². The molecule has 3 aromatic rings. The molecule has 144 valence electrons. The summed E-state index contributed by atoms with van der Waals surface area (Å²) in [6.45, 7) is 1.98. The normalized spacial score (nSPS) is 11.3. The van der Waals surface area contributed by atoms with Gasteiger partial charge in [-0.1, -0.05) is 12.1 Å². The van der Waals surface area contributed by atoms with E-state index in [1.807, 2.05) is 0 Å². The van der Waals surface area contributed by atoms with E-state index < -0.39 is 17.6 Å². The molecule has 0 atom stereocenters. The molecule has 0 unspecified atom stereocenters. The maximum absolute atomic E-state index is 12.6. The number of alkyl halides is 3. The van der Waals surface area contributed by atoms with Crippen LogP contribution in [0.2, 0.25) is 0 Å². The van der Waals surface area contributed by atoms with E-state index in [9.17, 15) is 18.0 Å². The summed E-state index contributed by atoms with van der Waals surface area (Å²) in [6.07, 6.45) is -2.57. The molecule has 0 saturated carbocycles. The van der Waals surface area contributed by atoms with Gasteiger partial charge in [0.25, 0.3) is 5.91 Å². The van der Waals surface area contributed by atoms with Gasteiger partial charge < -0.3 is 9.72 Å². The fourth-order valence-electron chi connectivity index (χ4n) is 2.70. The molecule has 7 nitrogen and oxygen atoms in total. The molecule has 0 aliphatic carbocycles. The van der Waals surface area contributed by atoms with Crippen molar-refractivity contribution in [1.82, 2.24) is 9.97 Å². The number of halogens is 3. The molecular weight excluding hydrogens is 375 g/mol. The van der Waals surface area contributed by atoms with E-state index in [1.54, 1.807) is 13.0 Å². The number of H-pyrrole nitrogens is 1. The predicted molar refractivity (Wildman–Crippen MR) is 95.0 cm³/mol. The fraction of sp³-hybridized carbons (Fsp3) is 0.222. The van der Waals surface area contributed by atoms with Crippen LogP contribution < -0.4 is 4.74 Å². The molecule has 0 spiro atoms. The molecule has 1 amide bonds. The third-order valence-corrected chi connectivity index (χ3v) is 4.10. The number of carbonyl (C=O) groups excluding carboxylic acids is 1. The molecule has 0 fully saturated rings. The van der Waals surface area contributed by atoms with E-state index in [0.717, 1.165) is 17.7 Å². The molecule has 0 aliphatic heterocycles. The van der Waals surface area contributed by atoms with Gasteiger partial charge in [-0.05, 0) is 40.8 Å². The van der Waals surface area contributed by atoms with Crippen LogP contribution in [0, 0.1) is 6.92 Å². The maximum atomic E-state index is 12.6. The molecule has 1 N–H and O–H groups in total. The van der Waals surface area contributed by atoms with Gasteiger partial charge in [0.2, 0.25) is 5.88 Å². The van der Waals surface area contributed by atoms with Crippen molar-refractivity contribution in [2.75, 3.05) is 6.61 Å². The Morgan fingerprint density at radius 2 is 2.04 bits per heavy atom. The van der Waals surface area contributed by atoms with Gasteiger partial charge in [0, 0.05) is 23.6 Å². The lowest BCUT2D eigenvalue weighted by Gasteiger charge is -2.09. The summed E-state index contributed by atoms with van der Waals surface area (Å²) in [5, 5.41) is 3.06. The summed E-state index contributed by atoms with van der Waals surface area (Å²) < 4.78 is 43.3. The quantitative estimate of drug-likeness (QED) is 0.379. The smallest absolute Gasteiger partial charge is 0.416 e. The van der Waals surface area contributed by atoms with Crippen LogP contribution >= 0.6 is 0 Å². The van der Waals surface area contributed by atoms with Crippen molar-refractivity contribution in [3.63, 3.8) is 0 Å². The van der Waals surface area contributed by atoms with Crippen LogP contribution in [0.4, 0.5) is 13.2 Å². The van der Waals surface area contributed by atoms with Crippen LogP contribution in [0.3, 0.4) is 0 Å². The summed E-state index contributed by atoms with van der Waals surface area (Å²) in [5.74, 6) is -0.506. The molecule has 0 aliphatic rings. The van der Waals surface area contributed by atoms with Crippen molar-refractivity contribution in [1.29, 1.82) is 0 Å². The summed E-state index contributed by atoms with van der Waals surface area (Å²) >= 11 is 0. The zero-order valence-electron chi connectivity index (χ0n) is 14.6. The number of carbonyl (C=O) groups is 1. The number of nitrogens with one attached hydrogen (secondary N) is 1. The molecule has 0 bridgehead atoms. The number of aromatic nitrogens is 2. The number of ether oxygens (including phenoxy) is 1. The summed E-state index contributed by atoms with van der Waals surface area (Å²) in [6, 6.07) is 6.52. The van der Waals surface area contributed by atoms with E-state index in [2.05, 4.69) is 20.0 Å². The lowest BCUT2D eigenvalue weighted by molar-refractivity contribution is -0.137. The lowest BCUT2D eigenvalue weighted by atomic mass is 10.1. The van der Waals surface area contributed by atoms with Crippen molar-refractivity contribution in [2.45, 2.75) is 19.5 Å². The van der Waals surface area contributed by atoms with Crippen molar-refractivity contribution in [3.05, 3.63) is 69.2 Å². The number of aryl methyl sites for hydroxylation is 1. The number of hydrogen-bond donors (Lipinski definition) is 1. The Morgan fingerprint density at radius 3 is 2.68 bits per heavy atom. The number of fused-ring (bicyclic) bond motifs is 1. The number of pyridine rings is 1. The highest BCUT2D eigenvalue weighted by molar-refractivity contribution is 6.06. The monoisotopic (exact) mass is 389 g/mol. The number of azide groups is 1. The third kappa shape index (κ3) is 4.07. The Bertz CT molecular complexity index is 1070. The molecule has 28 heavy (non-hydrogen) atoms. The first-order chi connectivity index (χ1) is 13.3. The van der Waals surface area contributed by atoms with Gasteiger partial charge in [0.05, 0.1) is 23.3 Å². The standard InChI is InChI=1S/C18H14F3N5O2/c1-10-8-14(24-16-13(9-23-15(10)16)17(27)25-26-22)28-7-6-11-2-4-12(5-3-11)18(19,20)21/h2-5,8-9,23H,6-7H2,1H3. The van der Waals surface area contributed by atoms with Gasteiger partial charge in [0.1, 0.15) is 5.52 Å². The Morgan fingerprint density at radius 1 is 1.32 bits per heavy atom. The first kappa shape index (κ1) is 19.2. The van der Waals surface area contributed by atoms with Crippen LogP contribution in [-0.4, -0.2) is 22.5 Å². The third-order valence-electron chi connectivity index (χ3n) is 4.10. The molecule has 10 heteroatoms. The van der Waals surface area contributed by atoms with Crippen molar-refractivity contribution < 1.29 is 22.7 Å². The van der Waals surface area contributed by atoms with E-state index >= 15 is 0 Å². The number of amides is 1. The second kappa shape index (κ2) is 7.61. The van der Waals surface area contributed by atoms with Gasteiger partial charge in [-0.15, -0.1) is 0 Å². The van der Waals surface area contributed by atoms with Gasteiger partial charge in [0.15, 0.2) is 0 Å². The average molecular weight is 389 g/mol. The second-order valence-electron chi connectivity index (χ2n) is 5.99. The zero-order valence-corrected chi connectivity index (χ0v) is 14.6. The summed E-state index contributed by atoms with van der Waals surface area (Å²) in [4.78, 5) is 21.5. The Balaban J connectivity index is 1.73. The molecule has 0 saturated heterocycles. The first-order valence-electron chi connectivity index (χ1n) is 8.16. The Hall–Kier alpha value is -3.52. The summed E-state index contributed by atoms with van der Waals surface area (Å²) in [7, 11) is 0. The van der Waals surface area contributed by atoms with E-state index in [4.69, 9.17) is 10.3 Å². The van der Waals surface area contributed by atoms with E-state index in [0.29, 0.717) is 23.0 Å². The van der Waals surface area contributed by atoms with Gasteiger partial charge in [-0.25, -0.2) is 4.98 Å². The minimum absolute atomic E-state index is 0.129. The molecule has 2 aromatic heterocycles. The molecular formula is C18H14F3N5O2. The van der Waals surface area contributed by atoms with Crippen molar-refractivity contribution >= 4 is 16.9 Å². The largest absolute Gasteiger partial charge is 0.477 e. The van der Waals surface area contributed by atoms with E-state index in [1.165, 1.54) is 18.3 Å². The van der Waals surface area contributed by atoms with Crippen LogP contribution in [0.25, 0.3) is 21.5 Å². The second-order valence-corrected chi connectivity index (χ2v) is 5.99. The minimum atomic E-state index is -4.37. The van der Waals surface area contributed by atoms with Gasteiger partial charge in [-0.3, -0.25) is 4.79 Å². The number of hydrogen-bond acceptors (Lipinski definition) is 3. The first-order valence-corrected chi connectivity index (χ1v) is 8.16. The van der Waals surface area contributed by atoms with Crippen LogP contribution in [-0.2, 0) is 12.6 Å². The number of nitrogens with zero attached hydrogens (tertiary/aromatic N) is 4. The molecule has 2 heterocycles. The highest BCUT2D eigenvalue weighted by Crippen LogP contribution is 2.29. The minimum Gasteiger partial charge on any atom is -0.477 e. The number of benzene rings is 1. The summed E-state index contributed by atoms with van der Waals surface area (Å²) in [5.41, 5.74) is 10.2. The van der Waals surface area contributed by atoms with Gasteiger partial charge in [-0.2, -0.15) is 13.2 Å². The predicted octanol–water partition coefficient (Wildman–Crippen LogP) is 4.96. The Labute approximate surface area is 156 Å².